The van der Waals surface area contributed by atoms with Gasteiger partial charge in [0.25, 0.3) is 5.91 Å². The predicted octanol–water partition coefficient (Wildman–Crippen LogP) is 3.40. The van der Waals surface area contributed by atoms with Gasteiger partial charge in [-0.25, -0.2) is 9.31 Å². The van der Waals surface area contributed by atoms with Crippen LogP contribution in [0.25, 0.3) is 28.0 Å². The summed E-state index contributed by atoms with van der Waals surface area (Å²) < 4.78 is 6.80. The van der Waals surface area contributed by atoms with Crippen molar-refractivity contribution < 1.29 is 9.42 Å². The lowest BCUT2D eigenvalue weighted by atomic mass is 9.94. The highest BCUT2D eigenvalue weighted by molar-refractivity contribution is 7.10. The van der Waals surface area contributed by atoms with E-state index in [9.17, 15) is 4.79 Å². The molecule has 2 fully saturated rings. The Balaban J connectivity index is 1.26. The number of aryl methyl sites for hydroxylation is 1. The molecule has 9 heteroatoms. The van der Waals surface area contributed by atoms with Gasteiger partial charge in [0.15, 0.2) is 5.69 Å². The lowest BCUT2D eigenvalue weighted by Crippen LogP contribution is -2.49. The van der Waals surface area contributed by atoms with Gasteiger partial charge < -0.3 is 4.90 Å². The molecule has 168 valence electrons. The second-order valence-electron chi connectivity index (χ2n) is 9.32. The number of aromatic nitrogens is 4. The third-order valence-corrected chi connectivity index (χ3v) is 8.12. The second kappa shape index (κ2) is 7.50. The fourth-order valence-electron chi connectivity index (χ4n) is 5.16. The first-order valence-corrected chi connectivity index (χ1v) is 12.6. The molecule has 0 unspecified atom stereocenters. The maximum atomic E-state index is 13.7. The van der Waals surface area contributed by atoms with Crippen molar-refractivity contribution in [3.8, 4) is 16.9 Å². The zero-order valence-electron chi connectivity index (χ0n) is 18.2. The summed E-state index contributed by atoms with van der Waals surface area (Å²) in [5.41, 5.74) is 6.11. The van der Waals surface area contributed by atoms with E-state index in [0.29, 0.717) is 16.7 Å². The smallest absolute Gasteiger partial charge is 0.274 e. The van der Waals surface area contributed by atoms with E-state index < -0.39 is 0 Å². The quantitative estimate of drug-likeness (QED) is 0.464. The molecule has 33 heavy (non-hydrogen) atoms. The minimum absolute atomic E-state index is 0.0546. The Kier molecular flexibility index (Phi) is 4.41. The van der Waals surface area contributed by atoms with Crippen molar-refractivity contribution in [1.29, 1.82) is 0 Å². The minimum Gasteiger partial charge on any atom is -0.335 e. The van der Waals surface area contributed by atoms with Gasteiger partial charge in [-0.3, -0.25) is 9.69 Å². The van der Waals surface area contributed by atoms with E-state index in [4.69, 9.17) is 9.73 Å². The van der Waals surface area contributed by atoms with Crippen molar-refractivity contribution >= 4 is 28.3 Å². The van der Waals surface area contributed by atoms with Gasteiger partial charge in [-0.1, -0.05) is 0 Å². The number of piperazine rings is 1. The van der Waals surface area contributed by atoms with Crippen molar-refractivity contribution in [3.05, 3.63) is 45.8 Å². The number of hydrogen-bond acceptors (Lipinski definition) is 7. The maximum absolute atomic E-state index is 13.7. The number of fused-ring (bicyclic) bond motifs is 4. The molecular formula is C24H24N6O2S. The Morgan fingerprint density at radius 1 is 1.06 bits per heavy atom. The average Bonchev–Trinajstić information content (AvgIpc) is 3.24. The molecule has 0 bridgehead atoms. The van der Waals surface area contributed by atoms with Crippen LogP contribution in [0.5, 0.6) is 0 Å². The summed E-state index contributed by atoms with van der Waals surface area (Å²) in [5.74, 6) is 0.936. The highest BCUT2D eigenvalue weighted by Crippen LogP contribution is 2.40. The number of rotatable bonds is 4. The van der Waals surface area contributed by atoms with E-state index in [1.165, 1.54) is 29.8 Å². The summed E-state index contributed by atoms with van der Waals surface area (Å²) in [6.45, 7) is 4.64. The third-order valence-electron chi connectivity index (χ3n) is 7.14. The summed E-state index contributed by atoms with van der Waals surface area (Å²) in [5, 5.41) is 15.0. The molecule has 2 aliphatic carbocycles. The molecule has 0 radical (unpaired) electrons. The molecule has 1 saturated carbocycles. The van der Waals surface area contributed by atoms with Gasteiger partial charge in [0.05, 0.1) is 11.4 Å². The van der Waals surface area contributed by atoms with E-state index in [2.05, 4.69) is 26.7 Å². The Morgan fingerprint density at radius 3 is 2.76 bits per heavy atom. The predicted molar refractivity (Wildman–Crippen MR) is 125 cm³/mol. The molecule has 4 aromatic rings. The van der Waals surface area contributed by atoms with E-state index in [1.807, 2.05) is 27.8 Å². The molecular weight excluding hydrogens is 436 g/mol. The van der Waals surface area contributed by atoms with Gasteiger partial charge in [-0.2, -0.15) is 5.10 Å². The number of hydrogen-bond donors (Lipinski definition) is 0. The van der Waals surface area contributed by atoms with Crippen molar-refractivity contribution in [2.75, 3.05) is 32.7 Å². The van der Waals surface area contributed by atoms with E-state index in [1.54, 1.807) is 11.3 Å². The summed E-state index contributed by atoms with van der Waals surface area (Å²) in [4.78, 5) is 19.5. The van der Waals surface area contributed by atoms with Crippen molar-refractivity contribution in [3.63, 3.8) is 0 Å². The normalized spacial score (nSPS) is 18.5. The number of amides is 1. The topological polar surface area (TPSA) is 80.3 Å². The first-order chi connectivity index (χ1) is 16.2. The Hall–Kier alpha value is -3.04. The monoisotopic (exact) mass is 460 g/mol. The van der Waals surface area contributed by atoms with Crippen LogP contribution in [0, 0.1) is 5.92 Å². The van der Waals surface area contributed by atoms with Crippen LogP contribution in [-0.4, -0.2) is 68.5 Å². The standard InChI is InChI=1S/C24H24N6O2S/c31-24(29-10-8-28(9-11-29)14-15-1-2-15)22-18-4-6-21-17(7-12-33-21)23(18)30(25-22)16-3-5-19-20(13-16)27-32-26-19/h3,5,7,12-13,15H,1-2,4,6,8-11,14H2. The minimum atomic E-state index is 0.0546. The number of benzene rings is 1. The molecule has 7 rings (SSSR count). The lowest BCUT2D eigenvalue weighted by molar-refractivity contribution is 0.0624. The van der Waals surface area contributed by atoms with Gasteiger partial charge in [0, 0.05) is 48.7 Å². The third kappa shape index (κ3) is 3.29. The summed E-state index contributed by atoms with van der Waals surface area (Å²) in [7, 11) is 0. The van der Waals surface area contributed by atoms with Crippen LogP contribution in [0.2, 0.25) is 0 Å². The van der Waals surface area contributed by atoms with Gasteiger partial charge in [-0.05, 0) is 71.6 Å². The van der Waals surface area contributed by atoms with Crippen LogP contribution in [0.1, 0.15) is 33.8 Å². The molecule has 0 atom stereocenters. The fourth-order valence-corrected chi connectivity index (χ4v) is 6.04. The molecule has 4 heterocycles. The SMILES string of the molecule is O=C(c1nn(-c2ccc3nonc3c2)c2c1CCc1sccc1-2)N1CCN(CC2CC2)CC1. The summed E-state index contributed by atoms with van der Waals surface area (Å²) >= 11 is 1.77. The molecule has 1 aromatic carbocycles. The van der Waals surface area contributed by atoms with Crippen LogP contribution in [0.15, 0.2) is 34.3 Å². The molecule has 8 nitrogen and oxygen atoms in total. The molecule has 0 N–H and O–H groups in total. The van der Waals surface area contributed by atoms with Crippen LogP contribution in [0.3, 0.4) is 0 Å². The highest BCUT2D eigenvalue weighted by Gasteiger charge is 2.33. The zero-order valence-corrected chi connectivity index (χ0v) is 19.1. The highest BCUT2D eigenvalue weighted by atomic mass is 32.1. The molecule has 3 aliphatic rings. The summed E-state index contributed by atoms with van der Waals surface area (Å²) in [6.07, 6.45) is 4.51. The molecule has 1 aliphatic heterocycles. The Labute approximate surface area is 194 Å². The average molecular weight is 461 g/mol. The first-order valence-electron chi connectivity index (χ1n) is 11.7. The van der Waals surface area contributed by atoms with Gasteiger partial charge in [0.1, 0.15) is 11.0 Å². The molecule has 1 saturated heterocycles. The number of carbonyl (C=O) groups is 1. The number of thiophene rings is 1. The summed E-state index contributed by atoms with van der Waals surface area (Å²) in [6, 6.07) is 7.92. The Morgan fingerprint density at radius 2 is 1.91 bits per heavy atom. The Bertz CT molecular complexity index is 1360. The molecule has 3 aromatic heterocycles. The van der Waals surface area contributed by atoms with Crippen LogP contribution in [-0.2, 0) is 12.8 Å². The van der Waals surface area contributed by atoms with Crippen LogP contribution >= 0.6 is 11.3 Å². The fraction of sp³-hybridized carbons (Fsp3) is 0.417. The van der Waals surface area contributed by atoms with Gasteiger partial charge in [-0.15, -0.1) is 11.3 Å². The maximum Gasteiger partial charge on any atom is 0.274 e. The number of carbonyl (C=O) groups excluding carboxylic acids is 1. The van der Waals surface area contributed by atoms with Crippen molar-refractivity contribution in [1.82, 2.24) is 29.9 Å². The van der Waals surface area contributed by atoms with Crippen molar-refractivity contribution in [2.45, 2.75) is 25.7 Å². The molecule has 1 amide bonds. The lowest BCUT2D eigenvalue weighted by Gasteiger charge is -2.34. The van der Waals surface area contributed by atoms with Gasteiger partial charge >= 0.3 is 0 Å². The largest absolute Gasteiger partial charge is 0.335 e. The zero-order chi connectivity index (χ0) is 21.9. The van der Waals surface area contributed by atoms with E-state index in [-0.39, 0.29) is 5.91 Å². The number of nitrogens with zero attached hydrogens (tertiary/aromatic N) is 6. The van der Waals surface area contributed by atoms with Gasteiger partial charge in [0.2, 0.25) is 0 Å². The molecule has 0 spiro atoms. The first kappa shape index (κ1) is 19.4. The van der Waals surface area contributed by atoms with Crippen LogP contribution < -0.4 is 0 Å². The van der Waals surface area contributed by atoms with E-state index >= 15 is 0 Å². The second-order valence-corrected chi connectivity index (χ2v) is 10.3. The van der Waals surface area contributed by atoms with E-state index in [0.717, 1.165) is 61.9 Å². The van der Waals surface area contributed by atoms with Crippen LogP contribution in [0.4, 0.5) is 0 Å². The van der Waals surface area contributed by atoms with Crippen molar-refractivity contribution in [2.24, 2.45) is 5.92 Å².